The fourth-order valence-corrected chi connectivity index (χ4v) is 4.94. The van der Waals surface area contributed by atoms with Crippen molar-refractivity contribution in [2.75, 3.05) is 20.2 Å². The molecule has 0 unspecified atom stereocenters. The van der Waals surface area contributed by atoms with E-state index in [4.69, 9.17) is 9.72 Å². The fraction of sp³-hybridized carbons (Fsp3) is 0.360. The van der Waals surface area contributed by atoms with Gasteiger partial charge in [0.15, 0.2) is 0 Å². The highest BCUT2D eigenvalue weighted by atomic mass is 16.5. The maximum Gasteiger partial charge on any atom is 0.222 e. The number of nitrogens with one attached hydrogen (secondary N) is 1. The normalized spacial score (nSPS) is 17.0. The molecule has 0 atom stereocenters. The van der Waals surface area contributed by atoms with Gasteiger partial charge in [0.1, 0.15) is 11.6 Å². The lowest BCUT2D eigenvalue weighted by Gasteiger charge is -2.41. The predicted molar refractivity (Wildman–Crippen MR) is 119 cm³/mol. The van der Waals surface area contributed by atoms with Crippen LogP contribution in [-0.4, -0.2) is 40.6 Å². The number of benzene rings is 2. The van der Waals surface area contributed by atoms with Crippen molar-refractivity contribution in [2.45, 2.75) is 37.8 Å². The summed E-state index contributed by atoms with van der Waals surface area (Å²) in [5, 5.41) is 3.79. The molecule has 0 bridgehead atoms. The van der Waals surface area contributed by atoms with Crippen molar-refractivity contribution in [3.63, 3.8) is 0 Å². The fourth-order valence-electron chi connectivity index (χ4n) is 4.94. The molecular formula is C25H28N4O2. The van der Waals surface area contributed by atoms with E-state index in [1.165, 1.54) is 11.3 Å². The lowest BCUT2D eigenvalue weighted by molar-refractivity contribution is -0.133. The van der Waals surface area contributed by atoms with Gasteiger partial charge in [-0.05, 0) is 42.5 Å². The molecule has 1 spiro atoms. The number of carbonyl (C=O) groups is 1. The number of nitrogens with zero attached hydrogens (tertiary/aromatic N) is 3. The van der Waals surface area contributed by atoms with Crippen LogP contribution in [0.4, 0.5) is 0 Å². The van der Waals surface area contributed by atoms with E-state index in [1.54, 1.807) is 7.11 Å². The molecular weight excluding hydrogens is 388 g/mol. The van der Waals surface area contributed by atoms with Gasteiger partial charge in [0, 0.05) is 38.4 Å². The van der Waals surface area contributed by atoms with E-state index in [1.807, 2.05) is 41.6 Å². The number of likely N-dealkylation sites (tertiary alicyclic amines) is 1. The molecule has 1 saturated heterocycles. The average Bonchev–Trinajstić information content (AvgIpc) is 3.28. The molecule has 2 aliphatic heterocycles. The van der Waals surface area contributed by atoms with Gasteiger partial charge in [-0.1, -0.05) is 36.4 Å². The summed E-state index contributed by atoms with van der Waals surface area (Å²) >= 11 is 0. The molecule has 0 radical (unpaired) electrons. The second-order valence-corrected chi connectivity index (χ2v) is 8.38. The minimum Gasteiger partial charge on any atom is -0.496 e. The number of piperidine rings is 1. The highest BCUT2D eigenvalue weighted by Gasteiger charge is 2.41. The summed E-state index contributed by atoms with van der Waals surface area (Å²) in [7, 11) is 1.67. The maximum absolute atomic E-state index is 12.9. The number of carbonyl (C=O) groups excluding carboxylic acids is 1. The largest absolute Gasteiger partial charge is 0.496 e. The van der Waals surface area contributed by atoms with Crippen molar-refractivity contribution in [1.29, 1.82) is 0 Å². The molecule has 3 aromatic rings. The molecule has 1 aromatic heterocycles. The van der Waals surface area contributed by atoms with Gasteiger partial charge in [0.05, 0.1) is 18.3 Å². The van der Waals surface area contributed by atoms with E-state index in [-0.39, 0.29) is 11.4 Å². The van der Waals surface area contributed by atoms with Crippen molar-refractivity contribution < 1.29 is 9.53 Å². The summed E-state index contributed by atoms with van der Waals surface area (Å²) in [5.41, 5.74) is 3.34. The quantitative estimate of drug-likeness (QED) is 0.708. The van der Waals surface area contributed by atoms with Crippen LogP contribution in [0.2, 0.25) is 0 Å². The Bertz CT molecular complexity index is 1080. The van der Waals surface area contributed by atoms with Gasteiger partial charge in [-0.15, -0.1) is 0 Å². The molecule has 0 saturated carbocycles. The van der Waals surface area contributed by atoms with Gasteiger partial charge in [-0.25, -0.2) is 4.98 Å². The first kappa shape index (κ1) is 19.8. The highest BCUT2D eigenvalue weighted by molar-refractivity contribution is 5.76. The number of hydrogen-bond acceptors (Lipinski definition) is 4. The summed E-state index contributed by atoms with van der Waals surface area (Å²) in [6.45, 7) is 2.28. The summed E-state index contributed by atoms with van der Waals surface area (Å²) in [6, 6.07) is 16.4. The highest BCUT2D eigenvalue weighted by Crippen LogP contribution is 2.36. The molecule has 1 N–H and O–H groups in total. The topological polar surface area (TPSA) is 59.4 Å². The first-order valence-electron chi connectivity index (χ1n) is 11.0. The van der Waals surface area contributed by atoms with Crippen LogP contribution in [0.25, 0.3) is 5.69 Å². The third-order valence-electron chi connectivity index (χ3n) is 6.71. The SMILES string of the molecule is COc1ccccc1CCC(=O)N1CCC2(CC1)NCc1ccccc1-n1ccnc12. The Hall–Kier alpha value is -3.12. The predicted octanol–water partition coefficient (Wildman–Crippen LogP) is 3.43. The molecule has 160 valence electrons. The summed E-state index contributed by atoms with van der Waals surface area (Å²) < 4.78 is 7.64. The Balaban J connectivity index is 1.28. The van der Waals surface area contributed by atoms with Gasteiger partial charge >= 0.3 is 0 Å². The number of fused-ring (bicyclic) bond motifs is 4. The van der Waals surface area contributed by atoms with E-state index in [0.29, 0.717) is 12.8 Å². The monoisotopic (exact) mass is 416 g/mol. The standard InChI is InChI=1S/C25H28N4O2/c1-31-22-9-5-3-6-19(22)10-11-23(30)28-15-12-25(13-16-28)24-26-14-17-29(24)21-8-4-2-7-20(21)18-27-25/h2-9,14,17,27H,10-13,15-16,18H2,1H3. The number of para-hydroxylation sites is 2. The van der Waals surface area contributed by atoms with Crippen LogP contribution in [-0.2, 0) is 23.3 Å². The first-order valence-corrected chi connectivity index (χ1v) is 11.0. The zero-order chi connectivity index (χ0) is 21.3. The van der Waals surface area contributed by atoms with Gasteiger partial charge < -0.3 is 19.5 Å². The number of amides is 1. The number of hydrogen-bond donors (Lipinski definition) is 1. The number of imidazole rings is 1. The van der Waals surface area contributed by atoms with Crippen LogP contribution in [0.5, 0.6) is 5.75 Å². The molecule has 3 heterocycles. The molecule has 2 aliphatic rings. The van der Waals surface area contributed by atoms with Crippen molar-refractivity contribution in [1.82, 2.24) is 19.8 Å². The summed E-state index contributed by atoms with van der Waals surface area (Å²) in [6.07, 6.45) is 6.85. The Morgan fingerprint density at radius 3 is 2.74 bits per heavy atom. The van der Waals surface area contributed by atoms with Crippen molar-refractivity contribution in [3.05, 3.63) is 77.9 Å². The minimum atomic E-state index is -0.206. The van der Waals surface area contributed by atoms with Crippen LogP contribution in [0.3, 0.4) is 0 Å². The summed E-state index contributed by atoms with van der Waals surface area (Å²) in [5.74, 6) is 2.11. The van der Waals surface area contributed by atoms with Gasteiger partial charge in [-0.3, -0.25) is 4.79 Å². The van der Waals surface area contributed by atoms with Crippen molar-refractivity contribution >= 4 is 5.91 Å². The lowest BCUT2D eigenvalue weighted by atomic mass is 9.86. The number of methoxy groups -OCH3 is 1. The van der Waals surface area contributed by atoms with Crippen LogP contribution in [0, 0.1) is 0 Å². The van der Waals surface area contributed by atoms with E-state index in [9.17, 15) is 4.79 Å². The van der Waals surface area contributed by atoms with Crippen molar-refractivity contribution in [3.8, 4) is 11.4 Å². The van der Waals surface area contributed by atoms with Gasteiger partial charge in [0.2, 0.25) is 5.91 Å². The molecule has 2 aromatic carbocycles. The molecule has 1 fully saturated rings. The van der Waals surface area contributed by atoms with Crippen LogP contribution in [0.1, 0.15) is 36.2 Å². The molecule has 1 amide bonds. The van der Waals surface area contributed by atoms with E-state index >= 15 is 0 Å². The molecule has 31 heavy (non-hydrogen) atoms. The Labute approximate surface area is 182 Å². The zero-order valence-electron chi connectivity index (χ0n) is 17.9. The number of aryl methyl sites for hydroxylation is 1. The zero-order valence-corrected chi connectivity index (χ0v) is 17.9. The maximum atomic E-state index is 12.9. The second-order valence-electron chi connectivity index (χ2n) is 8.38. The average molecular weight is 417 g/mol. The third-order valence-corrected chi connectivity index (χ3v) is 6.71. The Morgan fingerprint density at radius 1 is 1.13 bits per heavy atom. The van der Waals surface area contributed by atoms with Crippen LogP contribution >= 0.6 is 0 Å². The molecule has 6 nitrogen and oxygen atoms in total. The Kier molecular flexibility index (Phi) is 5.24. The molecule has 5 rings (SSSR count). The number of rotatable bonds is 4. The Morgan fingerprint density at radius 2 is 1.90 bits per heavy atom. The molecule has 0 aliphatic carbocycles. The first-order chi connectivity index (χ1) is 15.2. The second kappa shape index (κ2) is 8.19. The molecule has 6 heteroatoms. The minimum absolute atomic E-state index is 0.206. The van der Waals surface area contributed by atoms with Crippen LogP contribution in [0.15, 0.2) is 60.9 Å². The van der Waals surface area contributed by atoms with Gasteiger partial charge in [-0.2, -0.15) is 0 Å². The third kappa shape index (κ3) is 3.61. The smallest absolute Gasteiger partial charge is 0.222 e. The lowest BCUT2D eigenvalue weighted by Crippen LogP contribution is -2.52. The summed E-state index contributed by atoms with van der Waals surface area (Å²) in [4.78, 5) is 19.7. The van der Waals surface area contributed by atoms with Gasteiger partial charge in [0.25, 0.3) is 0 Å². The van der Waals surface area contributed by atoms with Crippen LogP contribution < -0.4 is 10.1 Å². The van der Waals surface area contributed by atoms with Crippen molar-refractivity contribution in [2.24, 2.45) is 0 Å². The number of aromatic nitrogens is 2. The van der Waals surface area contributed by atoms with E-state index in [2.05, 4.69) is 34.1 Å². The van der Waals surface area contributed by atoms with E-state index < -0.39 is 0 Å². The van der Waals surface area contributed by atoms with E-state index in [0.717, 1.165) is 49.6 Å². The number of ether oxygens (including phenoxy) is 1.